The van der Waals surface area contributed by atoms with Crippen LogP contribution in [0.15, 0.2) is 24.3 Å². The van der Waals surface area contributed by atoms with Crippen LogP contribution in [0.5, 0.6) is 0 Å². The molecule has 0 radical (unpaired) electrons. The van der Waals surface area contributed by atoms with Crippen LogP contribution in [0.4, 0.5) is 0 Å². The second kappa shape index (κ2) is 4.34. The molecule has 5 atom stereocenters. The van der Waals surface area contributed by atoms with E-state index in [1.54, 1.807) is 0 Å². The number of fused-ring (bicyclic) bond motifs is 2. The van der Waals surface area contributed by atoms with Gasteiger partial charge in [-0.25, -0.2) is 0 Å². The largest absolute Gasteiger partial charge is 0.396 e. The molecule has 0 aliphatic heterocycles. The summed E-state index contributed by atoms with van der Waals surface area (Å²) >= 11 is 0. The molecule has 0 spiro atoms. The Balaban J connectivity index is 1.44. The third-order valence-corrected chi connectivity index (χ3v) is 4.47. The fourth-order valence-electron chi connectivity index (χ4n) is 3.49. The highest BCUT2D eigenvalue weighted by Gasteiger charge is 2.35. The van der Waals surface area contributed by atoms with Crippen molar-refractivity contribution in [2.75, 3.05) is 13.2 Å². The summed E-state index contributed by atoms with van der Waals surface area (Å²) in [5.74, 6) is 2.96. The van der Waals surface area contributed by atoms with Gasteiger partial charge in [0.05, 0.1) is 0 Å². The monoisotopic (exact) mass is 219 g/mol. The predicted octanol–water partition coefficient (Wildman–Crippen LogP) is 1.73. The molecule has 16 heavy (non-hydrogen) atoms. The molecule has 0 saturated heterocycles. The van der Waals surface area contributed by atoms with Crippen molar-refractivity contribution in [2.24, 2.45) is 23.7 Å². The quantitative estimate of drug-likeness (QED) is 0.706. The van der Waals surface area contributed by atoms with Crippen LogP contribution in [-0.4, -0.2) is 24.3 Å². The first-order chi connectivity index (χ1) is 7.85. The van der Waals surface area contributed by atoms with Crippen LogP contribution < -0.4 is 5.32 Å². The van der Waals surface area contributed by atoms with E-state index >= 15 is 0 Å². The lowest BCUT2D eigenvalue weighted by atomic mass is 9.93. The molecular formula is C14H21NO. The van der Waals surface area contributed by atoms with Crippen molar-refractivity contribution in [1.29, 1.82) is 0 Å². The summed E-state index contributed by atoms with van der Waals surface area (Å²) in [6, 6.07) is 0.500. The summed E-state index contributed by atoms with van der Waals surface area (Å²) in [5.41, 5.74) is 0. The number of aliphatic hydroxyl groups is 1. The molecule has 3 rings (SSSR count). The van der Waals surface area contributed by atoms with E-state index in [0.29, 0.717) is 18.6 Å². The Kier molecular flexibility index (Phi) is 2.86. The Morgan fingerprint density at radius 1 is 1.06 bits per heavy atom. The molecule has 0 aromatic carbocycles. The number of rotatable bonds is 4. The van der Waals surface area contributed by atoms with Crippen LogP contribution in [0.25, 0.3) is 0 Å². The molecule has 2 heteroatoms. The summed E-state index contributed by atoms with van der Waals surface area (Å²) in [4.78, 5) is 0. The lowest BCUT2D eigenvalue weighted by Crippen LogP contribution is -2.33. The highest BCUT2D eigenvalue weighted by Crippen LogP contribution is 2.43. The van der Waals surface area contributed by atoms with Gasteiger partial charge in [0.25, 0.3) is 0 Å². The molecular weight excluding hydrogens is 198 g/mol. The van der Waals surface area contributed by atoms with Crippen molar-refractivity contribution in [3.63, 3.8) is 0 Å². The maximum Gasteiger partial charge on any atom is 0.0494 e. The standard InChI is InChI=1S/C14H21NO/c16-9-11-2-4-14(7-11)15-8-13-6-10-1-3-12(13)5-10/h1-4,10-16H,5-9H2/t10-,11-,12-,13-,14+/m0/s1. The van der Waals surface area contributed by atoms with E-state index in [9.17, 15) is 0 Å². The van der Waals surface area contributed by atoms with Crippen LogP contribution in [0.1, 0.15) is 19.3 Å². The Bertz CT molecular complexity index is 310. The molecule has 0 amide bonds. The van der Waals surface area contributed by atoms with Crippen molar-refractivity contribution >= 4 is 0 Å². The van der Waals surface area contributed by atoms with Gasteiger partial charge in [-0.05, 0) is 43.6 Å². The minimum atomic E-state index is 0.297. The highest BCUT2D eigenvalue weighted by molar-refractivity contribution is 5.11. The molecule has 0 aromatic rings. The number of aliphatic hydroxyl groups excluding tert-OH is 1. The van der Waals surface area contributed by atoms with Crippen molar-refractivity contribution in [3.05, 3.63) is 24.3 Å². The summed E-state index contributed by atoms with van der Waals surface area (Å²) < 4.78 is 0. The number of hydrogen-bond acceptors (Lipinski definition) is 2. The smallest absolute Gasteiger partial charge is 0.0494 e. The molecule has 2 nitrogen and oxygen atoms in total. The first-order valence-electron chi connectivity index (χ1n) is 6.56. The van der Waals surface area contributed by atoms with E-state index in [0.717, 1.165) is 30.7 Å². The fraction of sp³-hybridized carbons (Fsp3) is 0.714. The number of allylic oxidation sites excluding steroid dienone is 2. The van der Waals surface area contributed by atoms with Gasteiger partial charge < -0.3 is 10.4 Å². The van der Waals surface area contributed by atoms with Crippen LogP contribution >= 0.6 is 0 Å². The normalized spacial score (nSPS) is 44.7. The predicted molar refractivity (Wildman–Crippen MR) is 65.0 cm³/mol. The molecule has 0 heterocycles. The SMILES string of the molecule is OC[C@H]1C=C[C@@H](NC[C@@H]2C[C@H]3C=C[C@H]2C3)C1. The average Bonchev–Trinajstić information content (AvgIpc) is 3.02. The summed E-state index contributed by atoms with van der Waals surface area (Å²) in [7, 11) is 0. The van der Waals surface area contributed by atoms with E-state index in [4.69, 9.17) is 5.11 Å². The van der Waals surface area contributed by atoms with Crippen LogP contribution in [-0.2, 0) is 0 Å². The van der Waals surface area contributed by atoms with E-state index in [1.165, 1.54) is 12.8 Å². The molecule has 3 aliphatic carbocycles. The van der Waals surface area contributed by atoms with E-state index in [-0.39, 0.29) is 0 Å². The van der Waals surface area contributed by atoms with Crippen LogP contribution in [0.2, 0.25) is 0 Å². The second-order valence-electron chi connectivity index (χ2n) is 5.62. The van der Waals surface area contributed by atoms with Crippen molar-refractivity contribution in [1.82, 2.24) is 5.32 Å². The lowest BCUT2D eigenvalue weighted by Gasteiger charge is -2.21. The van der Waals surface area contributed by atoms with E-state index < -0.39 is 0 Å². The minimum Gasteiger partial charge on any atom is -0.396 e. The van der Waals surface area contributed by atoms with Gasteiger partial charge in [-0.2, -0.15) is 0 Å². The molecule has 0 aromatic heterocycles. The topological polar surface area (TPSA) is 32.3 Å². The first kappa shape index (κ1) is 10.5. The van der Waals surface area contributed by atoms with Crippen LogP contribution in [0, 0.1) is 23.7 Å². The zero-order valence-electron chi connectivity index (χ0n) is 9.68. The molecule has 1 saturated carbocycles. The minimum absolute atomic E-state index is 0.297. The van der Waals surface area contributed by atoms with Gasteiger partial charge in [0, 0.05) is 18.6 Å². The summed E-state index contributed by atoms with van der Waals surface area (Å²) in [6.07, 6.45) is 13.1. The van der Waals surface area contributed by atoms with Crippen molar-refractivity contribution < 1.29 is 5.11 Å². The lowest BCUT2D eigenvalue weighted by molar-refractivity contribution is 0.245. The zero-order valence-corrected chi connectivity index (χ0v) is 9.68. The maximum atomic E-state index is 9.06. The Labute approximate surface area is 97.4 Å². The van der Waals surface area contributed by atoms with Gasteiger partial charge in [-0.15, -0.1) is 0 Å². The molecule has 1 fully saturated rings. The molecule has 2 N–H and O–H groups in total. The second-order valence-corrected chi connectivity index (χ2v) is 5.62. The van der Waals surface area contributed by atoms with E-state index in [1.807, 2.05) is 0 Å². The summed E-state index contributed by atoms with van der Waals surface area (Å²) in [5, 5.41) is 12.7. The molecule has 3 aliphatic rings. The van der Waals surface area contributed by atoms with Gasteiger partial charge in [0.2, 0.25) is 0 Å². The number of hydrogen-bond donors (Lipinski definition) is 2. The summed E-state index contributed by atoms with van der Waals surface area (Å²) in [6.45, 7) is 1.45. The molecule has 2 bridgehead atoms. The van der Waals surface area contributed by atoms with Gasteiger partial charge in [-0.3, -0.25) is 0 Å². The first-order valence-corrected chi connectivity index (χ1v) is 6.56. The van der Waals surface area contributed by atoms with Crippen LogP contribution in [0.3, 0.4) is 0 Å². The van der Waals surface area contributed by atoms with Gasteiger partial charge in [0.1, 0.15) is 0 Å². The maximum absolute atomic E-state index is 9.06. The van der Waals surface area contributed by atoms with Crippen molar-refractivity contribution in [2.45, 2.75) is 25.3 Å². The molecule has 88 valence electrons. The Hall–Kier alpha value is -0.600. The zero-order chi connectivity index (χ0) is 11.0. The van der Waals surface area contributed by atoms with Crippen molar-refractivity contribution in [3.8, 4) is 0 Å². The fourth-order valence-corrected chi connectivity index (χ4v) is 3.49. The Morgan fingerprint density at radius 3 is 2.62 bits per heavy atom. The third-order valence-electron chi connectivity index (χ3n) is 4.47. The Morgan fingerprint density at radius 2 is 2.00 bits per heavy atom. The molecule has 0 unspecified atom stereocenters. The average molecular weight is 219 g/mol. The van der Waals surface area contributed by atoms with Gasteiger partial charge >= 0.3 is 0 Å². The number of nitrogens with one attached hydrogen (secondary N) is 1. The highest BCUT2D eigenvalue weighted by atomic mass is 16.3. The third kappa shape index (κ3) is 1.96. The van der Waals surface area contributed by atoms with Gasteiger partial charge in [0.15, 0.2) is 0 Å². The van der Waals surface area contributed by atoms with E-state index in [2.05, 4.69) is 29.6 Å². The van der Waals surface area contributed by atoms with Gasteiger partial charge in [-0.1, -0.05) is 24.3 Å².